The Morgan fingerprint density at radius 2 is 2.04 bits per heavy atom. The fourth-order valence-corrected chi connectivity index (χ4v) is 4.58. The molecule has 0 spiro atoms. The van der Waals surface area contributed by atoms with Gasteiger partial charge in [-0.3, -0.25) is 19.2 Å². The van der Waals surface area contributed by atoms with E-state index in [9.17, 15) is 4.79 Å². The number of carbonyl (C=O) groups excluding carboxylic acids is 1. The summed E-state index contributed by atoms with van der Waals surface area (Å²) in [4.78, 5) is 24.1. The number of carbonyl (C=O) groups is 1. The summed E-state index contributed by atoms with van der Waals surface area (Å²) in [5.41, 5.74) is 3.81. The van der Waals surface area contributed by atoms with Crippen molar-refractivity contribution in [3.8, 4) is 5.13 Å². The number of nitrogens with zero attached hydrogens (tertiary/aromatic N) is 4. The molecule has 0 aromatic carbocycles. The maximum Gasteiger partial charge on any atom is 0.253 e. The summed E-state index contributed by atoms with van der Waals surface area (Å²) in [5.74, 6) is 0.0130. The van der Waals surface area contributed by atoms with E-state index in [-0.39, 0.29) is 11.9 Å². The van der Waals surface area contributed by atoms with Crippen molar-refractivity contribution in [2.45, 2.75) is 39.3 Å². The number of pyridine rings is 1. The predicted molar refractivity (Wildman–Crippen MR) is 111 cm³/mol. The molecular formula is C21H25N5OS. The number of hydrogen-bond acceptors (Lipinski definition) is 5. The van der Waals surface area contributed by atoms with E-state index >= 15 is 0 Å². The second-order valence-electron chi connectivity index (χ2n) is 7.28. The topological polar surface area (TPSA) is 63.1 Å². The zero-order chi connectivity index (χ0) is 19.5. The molecule has 0 bridgehead atoms. The summed E-state index contributed by atoms with van der Waals surface area (Å²) in [6, 6.07) is 8.21. The summed E-state index contributed by atoms with van der Waals surface area (Å²) in [6.07, 6.45) is 5.55. The highest BCUT2D eigenvalue weighted by Gasteiger charge is 2.24. The summed E-state index contributed by atoms with van der Waals surface area (Å²) in [6.45, 7) is 6.82. The molecule has 0 radical (unpaired) electrons. The second kappa shape index (κ2) is 8.24. The molecule has 0 saturated carbocycles. The molecule has 7 heteroatoms. The summed E-state index contributed by atoms with van der Waals surface area (Å²) in [7, 11) is 0. The molecule has 6 nitrogen and oxygen atoms in total. The minimum absolute atomic E-state index is 0.0130. The lowest BCUT2D eigenvalue weighted by atomic mass is 10.0. The minimum atomic E-state index is 0.0130. The second-order valence-corrected chi connectivity index (χ2v) is 8.15. The van der Waals surface area contributed by atoms with Gasteiger partial charge in [-0.15, -0.1) is 11.3 Å². The largest absolute Gasteiger partial charge is 0.349 e. The molecule has 1 saturated heterocycles. The van der Waals surface area contributed by atoms with Crippen LogP contribution in [-0.4, -0.2) is 44.5 Å². The lowest BCUT2D eigenvalue weighted by molar-refractivity contribution is 0.0908. The zero-order valence-electron chi connectivity index (χ0n) is 16.3. The molecule has 1 fully saturated rings. The van der Waals surface area contributed by atoms with Gasteiger partial charge in [0.15, 0.2) is 5.13 Å². The van der Waals surface area contributed by atoms with Crippen LogP contribution in [0, 0.1) is 13.8 Å². The molecule has 0 aliphatic carbocycles. The number of amides is 1. The fraction of sp³-hybridized carbons (Fsp3) is 0.381. The van der Waals surface area contributed by atoms with Gasteiger partial charge in [0.05, 0.1) is 11.3 Å². The van der Waals surface area contributed by atoms with E-state index in [2.05, 4.69) is 30.8 Å². The zero-order valence-corrected chi connectivity index (χ0v) is 17.1. The normalized spacial score (nSPS) is 15.6. The van der Waals surface area contributed by atoms with Gasteiger partial charge in [-0.2, -0.15) is 0 Å². The number of aryl methyl sites for hydroxylation is 1. The van der Waals surface area contributed by atoms with E-state index in [4.69, 9.17) is 0 Å². The van der Waals surface area contributed by atoms with Crippen molar-refractivity contribution in [3.63, 3.8) is 0 Å². The quantitative estimate of drug-likeness (QED) is 0.720. The number of piperidine rings is 1. The van der Waals surface area contributed by atoms with Gasteiger partial charge < -0.3 is 5.32 Å². The lowest BCUT2D eigenvalue weighted by Gasteiger charge is -2.32. The predicted octanol–water partition coefficient (Wildman–Crippen LogP) is 3.34. The maximum absolute atomic E-state index is 12.9. The van der Waals surface area contributed by atoms with Crippen LogP contribution in [-0.2, 0) is 6.54 Å². The van der Waals surface area contributed by atoms with Crippen molar-refractivity contribution in [1.29, 1.82) is 0 Å². The first-order valence-electron chi connectivity index (χ1n) is 9.64. The van der Waals surface area contributed by atoms with Crippen LogP contribution in [0.1, 0.15) is 40.3 Å². The van der Waals surface area contributed by atoms with Crippen LogP contribution in [0.4, 0.5) is 0 Å². The molecule has 4 heterocycles. The molecule has 0 atom stereocenters. The Hall–Kier alpha value is -2.51. The van der Waals surface area contributed by atoms with Gasteiger partial charge >= 0.3 is 0 Å². The van der Waals surface area contributed by atoms with Crippen molar-refractivity contribution >= 4 is 17.2 Å². The molecule has 0 unspecified atom stereocenters. The van der Waals surface area contributed by atoms with Gasteiger partial charge in [0.25, 0.3) is 5.91 Å². The summed E-state index contributed by atoms with van der Waals surface area (Å²) in [5, 5.41) is 6.09. The van der Waals surface area contributed by atoms with Crippen molar-refractivity contribution in [2.75, 3.05) is 13.1 Å². The number of thiazole rings is 1. The van der Waals surface area contributed by atoms with Crippen LogP contribution >= 0.6 is 11.3 Å². The maximum atomic E-state index is 12.9. The Bertz CT molecular complexity index is 927. The smallest absolute Gasteiger partial charge is 0.253 e. The highest BCUT2D eigenvalue weighted by Crippen LogP contribution is 2.23. The molecule has 3 aromatic rings. The lowest BCUT2D eigenvalue weighted by Crippen LogP contribution is -2.44. The van der Waals surface area contributed by atoms with Gasteiger partial charge in [-0.1, -0.05) is 6.07 Å². The number of likely N-dealkylation sites (tertiary alicyclic amines) is 1. The Labute approximate surface area is 169 Å². The molecule has 28 heavy (non-hydrogen) atoms. The van der Waals surface area contributed by atoms with Crippen LogP contribution in [0.25, 0.3) is 5.13 Å². The van der Waals surface area contributed by atoms with Gasteiger partial charge in [-0.05, 0) is 44.9 Å². The van der Waals surface area contributed by atoms with Gasteiger partial charge in [0.1, 0.15) is 0 Å². The molecule has 1 amide bonds. The van der Waals surface area contributed by atoms with Crippen molar-refractivity contribution in [1.82, 2.24) is 24.8 Å². The number of nitrogens with one attached hydrogen (secondary N) is 1. The third-order valence-electron chi connectivity index (χ3n) is 5.32. The van der Waals surface area contributed by atoms with E-state index in [0.717, 1.165) is 60.3 Å². The first-order chi connectivity index (χ1) is 13.6. The van der Waals surface area contributed by atoms with E-state index in [1.165, 1.54) is 0 Å². The Morgan fingerprint density at radius 1 is 1.21 bits per heavy atom. The third kappa shape index (κ3) is 4.00. The first-order valence-corrected chi connectivity index (χ1v) is 10.5. The van der Waals surface area contributed by atoms with Crippen LogP contribution < -0.4 is 5.32 Å². The van der Waals surface area contributed by atoms with E-state index in [1.807, 2.05) is 43.6 Å². The van der Waals surface area contributed by atoms with Gasteiger partial charge in [0, 0.05) is 54.8 Å². The fourth-order valence-electron chi connectivity index (χ4n) is 3.83. The Balaban J connectivity index is 1.36. The minimum Gasteiger partial charge on any atom is -0.349 e. The average molecular weight is 396 g/mol. The molecule has 1 aliphatic heterocycles. The van der Waals surface area contributed by atoms with Gasteiger partial charge in [-0.25, -0.2) is 4.98 Å². The molecule has 4 rings (SSSR count). The molecular weight excluding hydrogens is 370 g/mol. The first kappa shape index (κ1) is 18.8. The van der Waals surface area contributed by atoms with Crippen LogP contribution in [0.15, 0.2) is 42.0 Å². The average Bonchev–Trinajstić information content (AvgIpc) is 3.32. The Kier molecular flexibility index (Phi) is 5.54. The summed E-state index contributed by atoms with van der Waals surface area (Å²) < 4.78 is 2.05. The van der Waals surface area contributed by atoms with Crippen molar-refractivity contribution < 1.29 is 4.79 Å². The van der Waals surface area contributed by atoms with E-state index < -0.39 is 0 Å². The molecule has 3 aromatic heterocycles. The van der Waals surface area contributed by atoms with E-state index in [1.54, 1.807) is 17.5 Å². The van der Waals surface area contributed by atoms with Crippen LogP contribution in [0.2, 0.25) is 0 Å². The van der Waals surface area contributed by atoms with Crippen LogP contribution in [0.3, 0.4) is 0 Å². The summed E-state index contributed by atoms with van der Waals surface area (Å²) >= 11 is 1.58. The van der Waals surface area contributed by atoms with Crippen LogP contribution in [0.5, 0.6) is 0 Å². The SMILES string of the molecule is Cc1cc(C(=O)NC2CCN(Cc3ccccn3)CC2)c(C)n1-c1nccs1. The number of hydrogen-bond donors (Lipinski definition) is 1. The van der Waals surface area contributed by atoms with Crippen molar-refractivity contribution in [3.05, 3.63) is 64.7 Å². The highest BCUT2D eigenvalue weighted by atomic mass is 32.1. The van der Waals surface area contributed by atoms with E-state index in [0.29, 0.717) is 0 Å². The van der Waals surface area contributed by atoms with Gasteiger partial charge in [0.2, 0.25) is 0 Å². The number of rotatable bonds is 5. The van der Waals surface area contributed by atoms with Crippen molar-refractivity contribution in [2.24, 2.45) is 0 Å². The Morgan fingerprint density at radius 3 is 2.71 bits per heavy atom. The molecule has 1 N–H and O–H groups in total. The molecule has 1 aliphatic rings. The standard InChI is InChI=1S/C21H25N5OS/c1-15-13-19(16(2)26(15)21-23-9-12-28-21)20(27)24-17-6-10-25(11-7-17)14-18-5-3-4-8-22-18/h3-5,8-9,12-13,17H,6-7,10-11,14H2,1-2H3,(H,24,27). The highest BCUT2D eigenvalue weighted by molar-refractivity contribution is 7.12. The monoisotopic (exact) mass is 395 g/mol. The molecule has 146 valence electrons. The third-order valence-corrected chi connectivity index (χ3v) is 6.08. The number of aromatic nitrogens is 3.